The van der Waals surface area contributed by atoms with Crippen molar-refractivity contribution in [3.8, 4) is 5.75 Å². The van der Waals surface area contributed by atoms with Crippen LogP contribution in [-0.2, 0) is 4.79 Å². The van der Waals surface area contributed by atoms with Crippen LogP contribution in [0.4, 0.5) is 0 Å². The standard InChI is InChI=1S/C15H18I3NO4/c1-15(2,3)6-9(14(21)22)19-13(20)10-7(16)5-8(17)12(23-4)11(10)18/h5,9H,6H2,1-4H3,(H,19,20)(H,21,22). The molecule has 1 rings (SSSR count). The summed E-state index contributed by atoms with van der Waals surface area (Å²) in [6.45, 7) is 5.82. The molecule has 8 heteroatoms. The SMILES string of the molecule is COc1c(I)cc(I)c(C(=O)NC(CC(C)(C)C)C(=O)O)c1I. The zero-order valence-electron chi connectivity index (χ0n) is 13.2. The van der Waals surface area contributed by atoms with E-state index in [1.807, 2.05) is 26.8 Å². The van der Waals surface area contributed by atoms with Gasteiger partial charge >= 0.3 is 5.97 Å². The van der Waals surface area contributed by atoms with Crippen LogP contribution in [-0.4, -0.2) is 30.1 Å². The Kier molecular flexibility index (Phi) is 7.83. The van der Waals surface area contributed by atoms with Gasteiger partial charge in [0.2, 0.25) is 0 Å². The van der Waals surface area contributed by atoms with Gasteiger partial charge in [-0.3, -0.25) is 4.79 Å². The predicted octanol–water partition coefficient (Wildman–Crippen LogP) is 4.13. The molecule has 0 aliphatic carbocycles. The number of halogens is 3. The first kappa shape index (κ1) is 21.2. The molecular weight excluding hydrogens is 639 g/mol. The maximum absolute atomic E-state index is 12.6. The fourth-order valence-corrected chi connectivity index (χ4v) is 6.31. The summed E-state index contributed by atoms with van der Waals surface area (Å²) in [4.78, 5) is 24.1. The van der Waals surface area contributed by atoms with E-state index in [-0.39, 0.29) is 5.41 Å². The minimum atomic E-state index is -1.03. The van der Waals surface area contributed by atoms with Crippen molar-refractivity contribution in [2.75, 3.05) is 7.11 Å². The van der Waals surface area contributed by atoms with Crippen molar-refractivity contribution in [1.29, 1.82) is 0 Å². The Morgan fingerprint density at radius 1 is 1.26 bits per heavy atom. The van der Waals surface area contributed by atoms with Crippen LogP contribution < -0.4 is 10.1 Å². The Balaban J connectivity index is 3.17. The molecule has 23 heavy (non-hydrogen) atoms. The summed E-state index contributed by atoms with van der Waals surface area (Å²) in [6.07, 6.45) is 0.350. The minimum absolute atomic E-state index is 0.208. The lowest BCUT2D eigenvalue weighted by Crippen LogP contribution is -2.43. The number of benzene rings is 1. The normalized spacial score (nSPS) is 12.7. The van der Waals surface area contributed by atoms with Gasteiger partial charge in [-0.2, -0.15) is 0 Å². The number of ether oxygens (including phenoxy) is 1. The van der Waals surface area contributed by atoms with E-state index < -0.39 is 17.9 Å². The molecule has 0 saturated heterocycles. The van der Waals surface area contributed by atoms with Crippen LogP contribution in [0, 0.1) is 16.1 Å². The fraction of sp³-hybridized carbons (Fsp3) is 0.467. The second kappa shape index (κ2) is 8.50. The van der Waals surface area contributed by atoms with E-state index in [2.05, 4.69) is 73.1 Å². The molecular formula is C15H18I3NO4. The van der Waals surface area contributed by atoms with Gasteiger partial charge in [0.15, 0.2) is 0 Å². The Labute approximate surface area is 176 Å². The molecule has 1 amide bonds. The van der Waals surface area contributed by atoms with Gasteiger partial charge < -0.3 is 15.2 Å². The van der Waals surface area contributed by atoms with Crippen molar-refractivity contribution in [3.05, 3.63) is 22.3 Å². The monoisotopic (exact) mass is 657 g/mol. The first-order chi connectivity index (χ1) is 10.5. The molecule has 1 aromatic rings. The number of nitrogens with one attached hydrogen (secondary N) is 1. The second-order valence-corrected chi connectivity index (χ2v) is 9.59. The molecule has 0 spiro atoms. The molecule has 2 N–H and O–H groups in total. The number of hydrogen-bond donors (Lipinski definition) is 2. The van der Waals surface area contributed by atoms with Crippen LogP contribution in [0.1, 0.15) is 37.6 Å². The van der Waals surface area contributed by atoms with Gasteiger partial charge in [-0.1, -0.05) is 20.8 Å². The first-order valence-electron chi connectivity index (χ1n) is 6.73. The van der Waals surface area contributed by atoms with Crippen molar-refractivity contribution in [1.82, 2.24) is 5.32 Å². The van der Waals surface area contributed by atoms with Crippen molar-refractivity contribution in [2.24, 2.45) is 5.41 Å². The van der Waals surface area contributed by atoms with Gasteiger partial charge in [0, 0.05) is 3.57 Å². The molecule has 0 saturated carbocycles. The van der Waals surface area contributed by atoms with E-state index in [9.17, 15) is 14.7 Å². The smallest absolute Gasteiger partial charge is 0.326 e. The number of carbonyl (C=O) groups excluding carboxylic acids is 1. The molecule has 5 nitrogen and oxygen atoms in total. The molecule has 1 unspecified atom stereocenters. The number of methoxy groups -OCH3 is 1. The van der Waals surface area contributed by atoms with E-state index in [1.54, 1.807) is 7.11 Å². The molecule has 0 radical (unpaired) electrons. The zero-order valence-corrected chi connectivity index (χ0v) is 19.6. The van der Waals surface area contributed by atoms with Crippen LogP contribution in [0.2, 0.25) is 0 Å². The third-order valence-electron chi connectivity index (χ3n) is 2.98. The third kappa shape index (κ3) is 5.87. The van der Waals surface area contributed by atoms with Crippen molar-refractivity contribution >= 4 is 79.6 Å². The molecule has 0 aliphatic heterocycles. The quantitative estimate of drug-likeness (QED) is 0.468. The van der Waals surface area contributed by atoms with Crippen molar-refractivity contribution in [3.63, 3.8) is 0 Å². The van der Waals surface area contributed by atoms with Gasteiger partial charge in [-0.05, 0) is 85.7 Å². The van der Waals surface area contributed by atoms with E-state index >= 15 is 0 Å². The molecule has 128 valence electrons. The maximum atomic E-state index is 12.6. The van der Waals surface area contributed by atoms with Gasteiger partial charge in [-0.25, -0.2) is 4.79 Å². The van der Waals surface area contributed by atoms with Crippen LogP contribution in [0.25, 0.3) is 0 Å². The highest BCUT2D eigenvalue weighted by molar-refractivity contribution is 14.1. The van der Waals surface area contributed by atoms with Crippen LogP contribution in [0.3, 0.4) is 0 Å². The van der Waals surface area contributed by atoms with Gasteiger partial charge in [-0.15, -0.1) is 0 Å². The summed E-state index contributed by atoms with van der Waals surface area (Å²) < 4.78 is 7.68. The average Bonchev–Trinajstić information content (AvgIpc) is 2.35. The molecule has 0 heterocycles. The molecule has 0 fully saturated rings. The lowest BCUT2D eigenvalue weighted by molar-refractivity contribution is -0.140. The minimum Gasteiger partial charge on any atom is -0.495 e. The number of aliphatic carboxylic acids is 1. The van der Waals surface area contributed by atoms with Crippen LogP contribution in [0.15, 0.2) is 6.07 Å². The second-order valence-electron chi connectivity index (χ2n) is 6.19. The number of carboxylic acids is 1. The molecule has 1 aromatic carbocycles. The third-order valence-corrected chi connectivity index (χ3v) is 5.66. The lowest BCUT2D eigenvalue weighted by atomic mass is 9.88. The van der Waals surface area contributed by atoms with E-state index in [0.717, 1.165) is 7.14 Å². The Morgan fingerprint density at radius 3 is 2.26 bits per heavy atom. The molecule has 1 atom stereocenters. The number of hydrogen-bond acceptors (Lipinski definition) is 3. The van der Waals surface area contributed by atoms with E-state index in [0.29, 0.717) is 21.3 Å². The first-order valence-corrected chi connectivity index (χ1v) is 9.96. The number of carbonyl (C=O) groups is 2. The van der Waals surface area contributed by atoms with E-state index in [4.69, 9.17) is 4.74 Å². The highest BCUT2D eigenvalue weighted by Gasteiger charge is 2.28. The summed E-state index contributed by atoms with van der Waals surface area (Å²) in [5.74, 6) is -0.805. The summed E-state index contributed by atoms with van der Waals surface area (Å²) >= 11 is 6.28. The maximum Gasteiger partial charge on any atom is 0.326 e. The molecule has 0 aliphatic rings. The molecule has 0 aromatic heterocycles. The van der Waals surface area contributed by atoms with Crippen molar-refractivity contribution < 1.29 is 19.4 Å². The van der Waals surface area contributed by atoms with Gasteiger partial charge in [0.05, 0.1) is 19.8 Å². The Hall–Kier alpha value is 0.150. The highest BCUT2D eigenvalue weighted by atomic mass is 127. The van der Waals surface area contributed by atoms with Gasteiger partial charge in [0.1, 0.15) is 11.8 Å². The Morgan fingerprint density at radius 2 is 1.83 bits per heavy atom. The number of rotatable bonds is 5. The predicted molar refractivity (Wildman–Crippen MR) is 114 cm³/mol. The summed E-state index contributed by atoms with van der Waals surface area (Å²) in [5.41, 5.74) is 0.240. The number of carboxylic acid groups (broad SMARTS) is 1. The topological polar surface area (TPSA) is 75.6 Å². The largest absolute Gasteiger partial charge is 0.495 e. The summed E-state index contributed by atoms with van der Waals surface area (Å²) in [7, 11) is 1.55. The van der Waals surface area contributed by atoms with Crippen LogP contribution in [0.5, 0.6) is 5.75 Å². The zero-order chi connectivity index (χ0) is 17.9. The van der Waals surface area contributed by atoms with Gasteiger partial charge in [0.25, 0.3) is 5.91 Å². The summed E-state index contributed by atoms with van der Waals surface area (Å²) in [6, 6.07) is 0.913. The highest BCUT2D eigenvalue weighted by Crippen LogP contribution is 2.33. The Bertz CT molecular complexity index is 626. The molecule has 0 bridgehead atoms. The lowest BCUT2D eigenvalue weighted by Gasteiger charge is -2.24. The summed E-state index contributed by atoms with van der Waals surface area (Å²) in [5, 5.41) is 12.0. The van der Waals surface area contributed by atoms with Crippen LogP contribution >= 0.6 is 67.8 Å². The van der Waals surface area contributed by atoms with E-state index in [1.165, 1.54) is 0 Å². The average molecular weight is 657 g/mol. The fourth-order valence-electron chi connectivity index (χ4n) is 2.01. The van der Waals surface area contributed by atoms with Crippen molar-refractivity contribution in [2.45, 2.75) is 33.2 Å². The number of amides is 1.